The number of carbonyl (C=O) groups excluding carboxylic acids is 2. The number of aromatic nitrogens is 1. The van der Waals surface area contributed by atoms with E-state index >= 15 is 0 Å². The van der Waals surface area contributed by atoms with Crippen molar-refractivity contribution in [1.29, 1.82) is 0 Å². The third kappa shape index (κ3) is 6.91. The predicted molar refractivity (Wildman–Crippen MR) is 128 cm³/mol. The average molecular weight is 494 g/mol. The maximum absolute atomic E-state index is 13.0. The summed E-state index contributed by atoms with van der Waals surface area (Å²) in [6.45, 7) is 0.337. The van der Waals surface area contributed by atoms with E-state index in [1.165, 1.54) is 18.3 Å². The molecule has 0 saturated carbocycles. The number of carbonyl (C=O) groups is 2. The number of amides is 2. The number of nitrogens with zero attached hydrogens (tertiary/aromatic N) is 1. The lowest BCUT2D eigenvalue weighted by Crippen LogP contribution is -2.41. The molecule has 4 rings (SSSR count). The van der Waals surface area contributed by atoms with E-state index in [-0.39, 0.29) is 18.7 Å². The molecular weight excluding hydrogens is 473 g/mol. The van der Waals surface area contributed by atoms with Crippen molar-refractivity contribution in [3.8, 4) is 17.1 Å². The van der Waals surface area contributed by atoms with Crippen LogP contribution in [0.5, 0.6) is 5.75 Å². The monoisotopic (exact) mass is 493 g/mol. The maximum atomic E-state index is 13.0. The van der Waals surface area contributed by atoms with Gasteiger partial charge in [-0.05, 0) is 66.2 Å². The Balaban J connectivity index is 1.20. The number of halogens is 2. The number of benzene rings is 3. The summed E-state index contributed by atoms with van der Waals surface area (Å²) in [6, 6.07) is 19.7. The summed E-state index contributed by atoms with van der Waals surface area (Å²) in [5.74, 6) is 0.353. The predicted octanol–water partition coefficient (Wildman–Crippen LogP) is 5.11. The first kappa shape index (κ1) is 24.0. The minimum absolute atomic E-state index is 0.0601. The lowest BCUT2D eigenvalue weighted by Gasteiger charge is -2.09. The van der Waals surface area contributed by atoms with Crippen LogP contribution in [0.3, 0.4) is 0 Å². The maximum Gasteiger partial charge on any atom is 0.269 e. The average Bonchev–Trinajstić information content (AvgIpc) is 3.35. The first-order chi connectivity index (χ1) is 17.0. The highest BCUT2D eigenvalue weighted by molar-refractivity contribution is 6.30. The Morgan fingerprint density at radius 2 is 1.66 bits per heavy atom. The summed E-state index contributed by atoms with van der Waals surface area (Å²) in [6.07, 6.45) is 1.82. The van der Waals surface area contributed by atoms with Crippen LogP contribution in [0.1, 0.15) is 28.2 Å². The van der Waals surface area contributed by atoms with Gasteiger partial charge < -0.3 is 9.15 Å². The second kappa shape index (κ2) is 11.3. The summed E-state index contributed by atoms with van der Waals surface area (Å²) < 4.78 is 24.3. The molecule has 178 valence electrons. The van der Waals surface area contributed by atoms with Crippen molar-refractivity contribution >= 4 is 23.4 Å². The fraction of sp³-hybridized carbons (Fsp3) is 0.115. The minimum Gasteiger partial charge on any atom is -0.489 e. The van der Waals surface area contributed by atoms with Gasteiger partial charge in [0.25, 0.3) is 5.91 Å². The number of rotatable bonds is 8. The molecule has 2 amide bonds. The molecule has 3 aromatic carbocycles. The van der Waals surface area contributed by atoms with Gasteiger partial charge in [-0.15, -0.1) is 0 Å². The normalized spacial score (nSPS) is 10.6. The zero-order valence-electron chi connectivity index (χ0n) is 18.5. The van der Waals surface area contributed by atoms with E-state index in [2.05, 4.69) is 15.8 Å². The summed E-state index contributed by atoms with van der Waals surface area (Å²) in [5.41, 5.74) is 6.71. The number of oxazole rings is 1. The van der Waals surface area contributed by atoms with Gasteiger partial charge >= 0.3 is 0 Å². The van der Waals surface area contributed by atoms with E-state index in [0.717, 1.165) is 5.56 Å². The molecule has 0 aliphatic rings. The van der Waals surface area contributed by atoms with Crippen LogP contribution in [0.25, 0.3) is 11.3 Å². The number of hydrogen-bond acceptors (Lipinski definition) is 5. The van der Waals surface area contributed by atoms with Crippen molar-refractivity contribution in [1.82, 2.24) is 15.8 Å². The Bertz CT molecular complexity index is 1290. The number of hydrazine groups is 1. The quantitative estimate of drug-likeness (QED) is 0.333. The second-order valence-electron chi connectivity index (χ2n) is 7.57. The van der Waals surface area contributed by atoms with Crippen molar-refractivity contribution in [3.05, 3.63) is 107 Å². The highest BCUT2D eigenvalue weighted by Gasteiger charge is 2.11. The molecule has 0 bridgehead atoms. The van der Waals surface area contributed by atoms with Gasteiger partial charge in [-0.3, -0.25) is 20.4 Å². The van der Waals surface area contributed by atoms with Gasteiger partial charge in [-0.25, -0.2) is 9.37 Å². The van der Waals surface area contributed by atoms with Crippen LogP contribution in [0, 0.1) is 5.82 Å². The van der Waals surface area contributed by atoms with Crippen LogP contribution in [0.4, 0.5) is 4.39 Å². The summed E-state index contributed by atoms with van der Waals surface area (Å²) in [5, 5.41) is 0.633. The van der Waals surface area contributed by atoms with Crippen molar-refractivity contribution in [2.24, 2.45) is 0 Å². The third-order valence-corrected chi connectivity index (χ3v) is 5.25. The first-order valence-corrected chi connectivity index (χ1v) is 11.1. The van der Waals surface area contributed by atoms with Gasteiger partial charge in [-0.2, -0.15) is 0 Å². The Hall–Kier alpha value is -4.17. The summed E-state index contributed by atoms with van der Waals surface area (Å²) in [7, 11) is 0. The first-order valence-electron chi connectivity index (χ1n) is 10.7. The van der Waals surface area contributed by atoms with Gasteiger partial charge in [-0.1, -0.05) is 23.7 Å². The Morgan fingerprint density at radius 1 is 0.943 bits per heavy atom. The topological polar surface area (TPSA) is 93.5 Å². The number of nitrogens with one attached hydrogen (secondary N) is 2. The van der Waals surface area contributed by atoms with Crippen LogP contribution in [-0.2, 0) is 17.8 Å². The highest BCUT2D eigenvalue weighted by Crippen LogP contribution is 2.21. The smallest absolute Gasteiger partial charge is 0.269 e. The second-order valence-corrected chi connectivity index (χ2v) is 8.00. The zero-order chi connectivity index (χ0) is 24.6. The number of ether oxygens (including phenoxy) is 1. The van der Waals surface area contributed by atoms with Crippen LogP contribution in [0.2, 0.25) is 5.02 Å². The van der Waals surface area contributed by atoms with Crippen molar-refractivity contribution in [3.63, 3.8) is 0 Å². The van der Waals surface area contributed by atoms with E-state index in [0.29, 0.717) is 40.2 Å². The molecule has 0 atom stereocenters. The van der Waals surface area contributed by atoms with Crippen molar-refractivity contribution in [2.75, 3.05) is 0 Å². The molecule has 2 N–H and O–H groups in total. The summed E-state index contributed by atoms with van der Waals surface area (Å²) >= 11 is 5.86. The van der Waals surface area contributed by atoms with Gasteiger partial charge in [0.15, 0.2) is 11.7 Å². The van der Waals surface area contributed by atoms with Gasteiger partial charge in [0.05, 0.1) is 6.20 Å². The molecule has 1 aromatic heterocycles. The lowest BCUT2D eigenvalue weighted by atomic mass is 10.1. The van der Waals surface area contributed by atoms with E-state index < -0.39 is 11.8 Å². The van der Waals surface area contributed by atoms with Gasteiger partial charge in [0.2, 0.25) is 5.91 Å². The fourth-order valence-electron chi connectivity index (χ4n) is 3.10. The highest BCUT2D eigenvalue weighted by atomic mass is 35.5. The van der Waals surface area contributed by atoms with Crippen LogP contribution >= 0.6 is 11.6 Å². The van der Waals surface area contributed by atoms with E-state index in [9.17, 15) is 14.0 Å². The summed E-state index contributed by atoms with van der Waals surface area (Å²) in [4.78, 5) is 28.5. The van der Waals surface area contributed by atoms with Crippen LogP contribution < -0.4 is 15.6 Å². The van der Waals surface area contributed by atoms with Gasteiger partial charge in [0.1, 0.15) is 18.2 Å². The molecule has 0 spiro atoms. The zero-order valence-corrected chi connectivity index (χ0v) is 19.2. The number of aryl methyl sites for hydroxylation is 1. The Labute approximate surface area is 205 Å². The molecule has 35 heavy (non-hydrogen) atoms. The largest absolute Gasteiger partial charge is 0.489 e. The van der Waals surface area contributed by atoms with E-state index in [1.807, 2.05) is 0 Å². The van der Waals surface area contributed by atoms with Crippen LogP contribution in [0.15, 0.2) is 83.4 Å². The van der Waals surface area contributed by atoms with Crippen LogP contribution in [-0.4, -0.2) is 16.8 Å². The Morgan fingerprint density at radius 3 is 2.37 bits per heavy atom. The molecular formula is C26H21ClFN3O4. The Kier molecular flexibility index (Phi) is 7.74. The molecule has 0 aliphatic carbocycles. The molecule has 0 fully saturated rings. The molecule has 0 saturated heterocycles. The van der Waals surface area contributed by atoms with Gasteiger partial charge in [0, 0.05) is 29.0 Å². The third-order valence-electron chi connectivity index (χ3n) is 5.00. The van der Waals surface area contributed by atoms with E-state index in [4.69, 9.17) is 20.8 Å². The van der Waals surface area contributed by atoms with Crippen molar-refractivity contribution < 1.29 is 23.1 Å². The SMILES string of the molecule is O=C(CCc1ncc(-c2ccc(F)cc2)o1)NNC(=O)c1ccc(COc2ccc(Cl)cc2)cc1. The van der Waals surface area contributed by atoms with E-state index in [1.54, 1.807) is 60.7 Å². The lowest BCUT2D eigenvalue weighted by molar-refractivity contribution is -0.121. The molecule has 0 unspecified atom stereocenters. The molecule has 1 heterocycles. The fourth-order valence-corrected chi connectivity index (χ4v) is 3.23. The number of hydrogen-bond donors (Lipinski definition) is 2. The molecule has 0 aliphatic heterocycles. The molecule has 0 radical (unpaired) electrons. The van der Waals surface area contributed by atoms with Crippen molar-refractivity contribution in [2.45, 2.75) is 19.4 Å². The molecule has 4 aromatic rings. The standard InChI is InChI=1S/C26H21ClFN3O4/c27-20-7-11-22(12-8-20)34-16-17-1-3-19(4-2-17)26(33)31-30-24(32)13-14-25-29-15-23(35-25)18-5-9-21(28)10-6-18/h1-12,15H,13-14,16H2,(H,30,32)(H,31,33). The molecule has 7 nitrogen and oxygen atoms in total. The molecule has 9 heteroatoms. The minimum atomic E-state index is -0.446.